The molecule has 0 unspecified atom stereocenters. The minimum Gasteiger partial charge on any atom is -0.480 e. The number of piperidine rings is 1. The molecule has 0 atom stereocenters. The predicted molar refractivity (Wildman–Crippen MR) is 48.7 cm³/mol. The molecule has 0 aromatic heterocycles. The van der Waals surface area contributed by atoms with Gasteiger partial charge < -0.3 is 10.4 Å². The molecule has 0 aromatic rings. The monoisotopic (exact) mass is 184 g/mol. The number of carboxylic acids is 1. The van der Waals surface area contributed by atoms with Gasteiger partial charge in [0.15, 0.2) is 0 Å². The first-order valence-corrected chi connectivity index (χ1v) is 4.95. The molecule has 0 aromatic carbocycles. The van der Waals surface area contributed by atoms with Crippen LogP contribution in [0.15, 0.2) is 0 Å². The Balaban J connectivity index is 2.06. The van der Waals surface area contributed by atoms with Crippen LogP contribution in [0.5, 0.6) is 0 Å². The summed E-state index contributed by atoms with van der Waals surface area (Å²) in [6.45, 7) is 3.13. The van der Waals surface area contributed by atoms with E-state index >= 15 is 0 Å². The van der Waals surface area contributed by atoms with Crippen LogP contribution in [0.3, 0.4) is 0 Å². The Morgan fingerprint density at radius 2 is 1.85 bits per heavy atom. The number of likely N-dealkylation sites (tertiary alicyclic amines) is 1. The summed E-state index contributed by atoms with van der Waals surface area (Å²) >= 11 is 0. The molecule has 0 radical (unpaired) electrons. The second kappa shape index (κ2) is 3.27. The lowest BCUT2D eigenvalue weighted by molar-refractivity contribution is -0.156. The Hall–Kier alpha value is -0.610. The van der Waals surface area contributed by atoms with Gasteiger partial charge in [-0.05, 0) is 25.9 Å². The summed E-state index contributed by atoms with van der Waals surface area (Å²) < 4.78 is 0. The summed E-state index contributed by atoms with van der Waals surface area (Å²) in [5, 5.41) is 12.2. The Morgan fingerprint density at radius 3 is 2.23 bits per heavy atom. The van der Waals surface area contributed by atoms with Crippen molar-refractivity contribution in [2.75, 3.05) is 26.2 Å². The van der Waals surface area contributed by atoms with E-state index in [2.05, 4.69) is 10.2 Å². The maximum atomic E-state index is 11.1. The van der Waals surface area contributed by atoms with Crippen LogP contribution in [0.2, 0.25) is 0 Å². The quantitative estimate of drug-likeness (QED) is 0.629. The van der Waals surface area contributed by atoms with E-state index in [0.29, 0.717) is 13.1 Å². The van der Waals surface area contributed by atoms with Gasteiger partial charge in [-0.15, -0.1) is 0 Å². The number of carbonyl (C=O) groups is 1. The van der Waals surface area contributed by atoms with Crippen molar-refractivity contribution in [1.82, 2.24) is 10.2 Å². The summed E-state index contributed by atoms with van der Waals surface area (Å²) in [7, 11) is 0. The van der Waals surface area contributed by atoms with Crippen LogP contribution in [0.4, 0.5) is 0 Å². The van der Waals surface area contributed by atoms with Crippen LogP contribution in [0.25, 0.3) is 0 Å². The minimum atomic E-state index is -0.659. The van der Waals surface area contributed by atoms with E-state index in [1.807, 2.05) is 0 Å². The van der Waals surface area contributed by atoms with Gasteiger partial charge in [-0.3, -0.25) is 9.69 Å². The fourth-order valence-corrected chi connectivity index (χ4v) is 2.19. The normalized spacial score (nSPS) is 28.0. The van der Waals surface area contributed by atoms with E-state index in [-0.39, 0.29) is 0 Å². The number of hydrogen-bond acceptors (Lipinski definition) is 3. The third-order valence-corrected chi connectivity index (χ3v) is 3.19. The maximum absolute atomic E-state index is 11.1. The SMILES string of the molecule is O=C(O)C1(N2CCCCC2)CNC1. The van der Waals surface area contributed by atoms with Crippen molar-refractivity contribution >= 4 is 5.97 Å². The summed E-state index contributed by atoms with van der Waals surface area (Å²) in [6, 6.07) is 0. The number of rotatable bonds is 2. The fourth-order valence-electron chi connectivity index (χ4n) is 2.19. The van der Waals surface area contributed by atoms with Crippen LogP contribution >= 0.6 is 0 Å². The first kappa shape index (κ1) is 8.97. The van der Waals surface area contributed by atoms with E-state index in [0.717, 1.165) is 25.9 Å². The van der Waals surface area contributed by atoms with Crippen LogP contribution in [-0.4, -0.2) is 47.7 Å². The molecule has 2 rings (SSSR count). The Morgan fingerprint density at radius 1 is 1.23 bits per heavy atom. The van der Waals surface area contributed by atoms with E-state index in [9.17, 15) is 4.79 Å². The summed E-state index contributed by atoms with van der Waals surface area (Å²) in [5.41, 5.74) is -0.569. The first-order valence-electron chi connectivity index (χ1n) is 4.95. The molecule has 2 heterocycles. The van der Waals surface area contributed by atoms with Gasteiger partial charge in [-0.2, -0.15) is 0 Å². The Kier molecular flexibility index (Phi) is 2.26. The lowest BCUT2D eigenvalue weighted by atomic mass is 9.88. The molecule has 4 nitrogen and oxygen atoms in total. The lowest BCUT2D eigenvalue weighted by Crippen LogP contribution is -2.73. The zero-order valence-electron chi connectivity index (χ0n) is 7.75. The van der Waals surface area contributed by atoms with E-state index in [1.165, 1.54) is 6.42 Å². The zero-order chi connectivity index (χ0) is 9.31. The molecule has 0 aliphatic carbocycles. The van der Waals surface area contributed by atoms with Crippen molar-refractivity contribution in [2.45, 2.75) is 24.8 Å². The number of carboxylic acid groups (broad SMARTS) is 1. The molecule has 0 amide bonds. The van der Waals surface area contributed by atoms with Crippen molar-refractivity contribution in [3.8, 4) is 0 Å². The van der Waals surface area contributed by atoms with Crippen molar-refractivity contribution in [3.05, 3.63) is 0 Å². The molecular weight excluding hydrogens is 168 g/mol. The molecular formula is C9H16N2O2. The fraction of sp³-hybridized carbons (Fsp3) is 0.889. The zero-order valence-corrected chi connectivity index (χ0v) is 7.75. The van der Waals surface area contributed by atoms with Gasteiger partial charge in [0, 0.05) is 13.1 Å². The molecule has 2 aliphatic heterocycles. The smallest absolute Gasteiger partial charge is 0.326 e. The van der Waals surface area contributed by atoms with Crippen LogP contribution in [0, 0.1) is 0 Å². The largest absolute Gasteiger partial charge is 0.480 e. The van der Waals surface area contributed by atoms with Gasteiger partial charge in [-0.1, -0.05) is 6.42 Å². The molecule has 2 aliphatic rings. The topological polar surface area (TPSA) is 52.6 Å². The highest BCUT2D eigenvalue weighted by atomic mass is 16.4. The summed E-state index contributed by atoms with van der Waals surface area (Å²) in [4.78, 5) is 13.3. The van der Waals surface area contributed by atoms with Gasteiger partial charge >= 0.3 is 5.97 Å². The van der Waals surface area contributed by atoms with Gasteiger partial charge in [0.25, 0.3) is 0 Å². The maximum Gasteiger partial charge on any atom is 0.326 e. The first-order chi connectivity index (χ1) is 6.26. The molecule has 2 fully saturated rings. The highest BCUT2D eigenvalue weighted by molar-refractivity contribution is 5.81. The van der Waals surface area contributed by atoms with Crippen LogP contribution < -0.4 is 5.32 Å². The summed E-state index contributed by atoms with van der Waals surface area (Å²) in [6.07, 6.45) is 3.55. The van der Waals surface area contributed by atoms with Gasteiger partial charge in [0.2, 0.25) is 0 Å². The second-order valence-electron chi connectivity index (χ2n) is 3.99. The van der Waals surface area contributed by atoms with Crippen LogP contribution in [-0.2, 0) is 4.79 Å². The van der Waals surface area contributed by atoms with Crippen molar-refractivity contribution < 1.29 is 9.90 Å². The third kappa shape index (κ3) is 1.34. The number of nitrogens with one attached hydrogen (secondary N) is 1. The molecule has 74 valence electrons. The molecule has 4 heteroatoms. The molecule has 0 spiro atoms. The Bertz CT molecular complexity index is 208. The van der Waals surface area contributed by atoms with E-state index < -0.39 is 11.5 Å². The highest BCUT2D eigenvalue weighted by Crippen LogP contribution is 2.24. The second-order valence-corrected chi connectivity index (χ2v) is 3.99. The third-order valence-electron chi connectivity index (χ3n) is 3.19. The average Bonchev–Trinajstić information content (AvgIpc) is 2.03. The number of aliphatic carboxylic acids is 1. The van der Waals surface area contributed by atoms with Crippen LogP contribution in [0.1, 0.15) is 19.3 Å². The average molecular weight is 184 g/mol. The van der Waals surface area contributed by atoms with Crippen molar-refractivity contribution in [3.63, 3.8) is 0 Å². The van der Waals surface area contributed by atoms with Gasteiger partial charge in [0.1, 0.15) is 5.54 Å². The highest BCUT2D eigenvalue weighted by Gasteiger charge is 2.49. The number of hydrogen-bond donors (Lipinski definition) is 2. The molecule has 2 saturated heterocycles. The lowest BCUT2D eigenvalue weighted by Gasteiger charge is -2.48. The van der Waals surface area contributed by atoms with Crippen molar-refractivity contribution in [2.24, 2.45) is 0 Å². The Labute approximate surface area is 77.9 Å². The standard InChI is InChI=1S/C9H16N2O2/c12-8(13)9(6-10-7-9)11-4-2-1-3-5-11/h10H,1-7H2,(H,12,13). The van der Waals surface area contributed by atoms with Crippen molar-refractivity contribution in [1.29, 1.82) is 0 Å². The van der Waals surface area contributed by atoms with Gasteiger partial charge in [-0.25, -0.2) is 0 Å². The molecule has 0 saturated carbocycles. The van der Waals surface area contributed by atoms with Gasteiger partial charge in [0.05, 0.1) is 0 Å². The number of nitrogens with zero attached hydrogens (tertiary/aromatic N) is 1. The predicted octanol–water partition coefficient (Wildman–Crippen LogP) is -0.101. The van der Waals surface area contributed by atoms with E-state index in [4.69, 9.17) is 5.11 Å². The minimum absolute atomic E-state index is 0.569. The van der Waals surface area contributed by atoms with E-state index in [1.54, 1.807) is 0 Å². The molecule has 2 N–H and O–H groups in total. The molecule has 13 heavy (non-hydrogen) atoms. The summed E-state index contributed by atoms with van der Waals surface area (Å²) in [5.74, 6) is -0.659. The molecule has 0 bridgehead atoms.